The molecule has 24 nitrogen and oxygen atoms in total. The molecule has 54 heavy (non-hydrogen) atoms. The van der Waals surface area contributed by atoms with Crippen LogP contribution in [-0.4, -0.2) is 250 Å². The van der Waals surface area contributed by atoms with Gasteiger partial charge in [0.15, 0.2) is 31.5 Å². The summed E-state index contributed by atoms with van der Waals surface area (Å²) in [7, 11) is 0. The molecule has 5 fully saturated rings. The minimum absolute atomic E-state index is 0.671. The molecule has 0 aliphatic carbocycles. The summed E-state index contributed by atoms with van der Waals surface area (Å²) in [4.78, 5) is 0. The average molecular weight is 797 g/mol. The Morgan fingerprint density at radius 2 is 0.815 bits per heavy atom. The fraction of sp³-hybridized carbons (Fsp3) is 1.00. The van der Waals surface area contributed by atoms with Gasteiger partial charge in [-0.2, -0.15) is 0 Å². The molecular weight excluding hydrogens is 744 g/mol. The van der Waals surface area contributed by atoms with Crippen molar-refractivity contribution in [3.63, 3.8) is 0 Å². The third-order valence-electron chi connectivity index (χ3n) is 10.2. The lowest BCUT2D eigenvalue weighted by molar-refractivity contribution is -0.388. The summed E-state index contributed by atoms with van der Waals surface area (Å²) in [5, 5.41) is 156. The van der Waals surface area contributed by atoms with E-state index in [4.69, 9.17) is 42.6 Å². The second-order valence-corrected chi connectivity index (χ2v) is 14.0. The summed E-state index contributed by atoms with van der Waals surface area (Å²) < 4.78 is 49.6. The molecule has 0 bridgehead atoms. The molecule has 15 N–H and O–H groups in total. The van der Waals surface area contributed by atoms with Crippen molar-refractivity contribution in [2.75, 3.05) is 19.8 Å². The first-order chi connectivity index (χ1) is 25.4. The highest BCUT2D eigenvalue weighted by atomic mass is 16.8. The van der Waals surface area contributed by atoms with Crippen molar-refractivity contribution < 1.29 is 119 Å². The van der Waals surface area contributed by atoms with Gasteiger partial charge in [-0.1, -0.05) is 0 Å². The van der Waals surface area contributed by atoms with Gasteiger partial charge in [0.1, 0.15) is 110 Å². The number of aliphatic hydroxyl groups excluding tert-OH is 15. The van der Waals surface area contributed by atoms with Crippen LogP contribution in [0, 0.1) is 0 Å². The van der Waals surface area contributed by atoms with Gasteiger partial charge in [0.25, 0.3) is 0 Å². The summed E-state index contributed by atoms with van der Waals surface area (Å²) in [5.74, 6) is 0. The predicted molar refractivity (Wildman–Crippen MR) is 164 cm³/mol. The van der Waals surface area contributed by atoms with Crippen molar-refractivity contribution in [2.24, 2.45) is 0 Å². The van der Waals surface area contributed by atoms with Crippen LogP contribution in [0.4, 0.5) is 0 Å². The van der Waals surface area contributed by atoms with Crippen molar-refractivity contribution in [2.45, 2.75) is 167 Å². The van der Waals surface area contributed by atoms with E-state index in [9.17, 15) is 76.6 Å². The van der Waals surface area contributed by atoms with Crippen molar-refractivity contribution in [1.82, 2.24) is 0 Å². The monoisotopic (exact) mass is 796 g/mol. The smallest absolute Gasteiger partial charge is 0.187 e. The van der Waals surface area contributed by atoms with Crippen LogP contribution >= 0.6 is 0 Å². The molecule has 0 amide bonds. The Bertz CT molecular complexity index is 1170. The fourth-order valence-electron chi connectivity index (χ4n) is 6.83. The molecule has 25 atom stereocenters. The van der Waals surface area contributed by atoms with Crippen molar-refractivity contribution in [1.29, 1.82) is 0 Å². The second kappa shape index (κ2) is 18.3. The van der Waals surface area contributed by atoms with Crippen LogP contribution in [0.5, 0.6) is 0 Å². The molecule has 0 saturated carbocycles. The molecule has 0 radical (unpaired) electrons. The molecule has 5 aliphatic rings. The van der Waals surface area contributed by atoms with E-state index in [2.05, 4.69) is 0 Å². The Labute approximate surface area is 306 Å². The first-order valence-electron chi connectivity index (χ1n) is 17.3. The van der Waals surface area contributed by atoms with Gasteiger partial charge in [0.05, 0.1) is 32.0 Å². The normalized spacial score (nSPS) is 54.7. The van der Waals surface area contributed by atoms with Crippen LogP contribution in [-0.2, 0) is 42.6 Å². The van der Waals surface area contributed by atoms with Gasteiger partial charge in [0.2, 0.25) is 0 Å². The Hall–Kier alpha value is -0.960. The van der Waals surface area contributed by atoms with Crippen molar-refractivity contribution >= 4 is 0 Å². The van der Waals surface area contributed by atoms with Crippen LogP contribution in [0.25, 0.3) is 0 Å². The molecule has 316 valence electrons. The molecule has 24 heteroatoms. The van der Waals surface area contributed by atoms with Crippen LogP contribution in [0.2, 0.25) is 0 Å². The summed E-state index contributed by atoms with van der Waals surface area (Å²) in [6, 6.07) is 0. The molecular formula is C30H52O24. The topological polar surface area (TPSA) is 387 Å². The zero-order valence-corrected chi connectivity index (χ0v) is 28.9. The highest BCUT2D eigenvalue weighted by molar-refractivity contribution is 4.97. The van der Waals surface area contributed by atoms with E-state index in [1.165, 1.54) is 13.8 Å². The van der Waals surface area contributed by atoms with Gasteiger partial charge in [-0.05, 0) is 13.8 Å². The summed E-state index contributed by atoms with van der Waals surface area (Å²) in [5.41, 5.74) is 0. The van der Waals surface area contributed by atoms with Gasteiger partial charge in [-0.15, -0.1) is 0 Å². The fourth-order valence-corrected chi connectivity index (χ4v) is 6.83. The van der Waals surface area contributed by atoms with E-state index in [-0.39, 0.29) is 0 Å². The first-order valence-corrected chi connectivity index (χ1v) is 17.3. The summed E-state index contributed by atoms with van der Waals surface area (Å²) in [6.07, 6.45) is -42.2. The quantitative estimate of drug-likeness (QED) is 0.0923. The summed E-state index contributed by atoms with van der Waals surface area (Å²) in [6.45, 7) is 0.438. The first kappa shape index (κ1) is 44.1. The minimum atomic E-state index is -1.99. The van der Waals surface area contributed by atoms with Gasteiger partial charge >= 0.3 is 0 Å². The van der Waals surface area contributed by atoms with Crippen molar-refractivity contribution in [3.8, 4) is 0 Å². The van der Waals surface area contributed by atoms with Crippen molar-refractivity contribution in [3.05, 3.63) is 0 Å². The second-order valence-electron chi connectivity index (χ2n) is 14.0. The predicted octanol–water partition coefficient (Wildman–Crippen LogP) is -9.87. The highest BCUT2D eigenvalue weighted by Gasteiger charge is 2.55. The summed E-state index contributed by atoms with van der Waals surface area (Å²) >= 11 is 0. The average Bonchev–Trinajstić information content (AvgIpc) is 3.14. The molecule has 1 unspecified atom stereocenters. The lowest BCUT2D eigenvalue weighted by Gasteiger charge is -2.48. The molecule has 5 rings (SSSR count). The maximum atomic E-state index is 11.2. The number of aliphatic hydroxyl groups is 15. The third-order valence-corrected chi connectivity index (χ3v) is 10.2. The number of ether oxygens (including phenoxy) is 9. The Kier molecular flexibility index (Phi) is 15.0. The third kappa shape index (κ3) is 8.87. The molecule has 5 aliphatic heterocycles. The SMILES string of the molecule is C[C@@H]1O[C@@H](O[C@H]2C(O)O[C@H](CO)[C@@H](O[C@@H]3O[C@@H](C)[C@H](O[C@@H]4O[C@H](CO[C@@H]5O[C@H](CO)[C@@H](O)[C@H](O)[C@H]5O)[C@@H](O)[C@H](O)[C@H]4O)[C@@H](O)[C@H]3O)[C@@H]2O)[C@H](O)[C@H](O)[C@H]1O. The largest absolute Gasteiger partial charge is 0.394 e. The molecule has 0 aromatic carbocycles. The Balaban J connectivity index is 1.21. The van der Waals surface area contributed by atoms with Gasteiger partial charge in [0, 0.05) is 0 Å². The van der Waals surface area contributed by atoms with E-state index >= 15 is 0 Å². The number of rotatable bonds is 11. The lowest BCUT2D eigenvalue weighted by atomic mass is 9.96. The Morgan fingerprint density at radius 1 is 0.370 bits per heavy atom. The maximum absolute atomic E-state index is 11.2. The highest BCUT2D eigenvalue weighted by Crippen LogP contribution is 2.34. The van der Waals surface area contributed by atoms with Crippen LogP contribution in [0.3, 0.4) is 0 Å². The Morgan fingerprint density at radius 3 is 1.41 bits per heavy atom. The number of hydrogen-bond donors (Lipinski definition) is 15. The molecule has 0 aromatic heterocycles. The minimum Gasteiger partial charge on any atom is -0.394 e. The van der Waals surface area contributed by atoms with Gasteiger partial charge < -0.3 is 119 Å². The van der Waals surface area contributed by atoms with Crippen LogP contribution in [0.15, 0.2) is 0 Å². The molecule has 0 spiro atoms. The molecule has 5 saturated heterocycles. The standard InChI is InChI=1S/C30H52O24/c1-6-11(33)14(36)19(41)28(47-6)54-25-22(44)24(9(4-32)49-26(25)45)53-29-21(43)17(39)23(7(2)48-29)52-30-20(42)16(38)13(35)10(51-30)5-46-27-18(40)15(37)12(34)8(3-31)50-27/h6-45H,3-5H2,1-2H3/t6-,7-,8+,9+,10+,11-,12+,13+,14+,15-,16-,17-,18+,19+,20+,21+,22-,23-,24+,25+,26?,27+,28-,29-,30-/m0/s1. The van der Waals surface area contributed by atoms with Crippen LogP contribution < -0.4 is 0 Å². The van der Waals surface area contributed by atoms with E-state index in [0.29, 0.717) is 0 Å². The van der Waals surface area contributed by atoms with E-state index in [1.54, 1.807) is 0 Å². The van der Waals surface area contributed by atoms with E-state index in [0.717, 1.165) is 0 Å². The van der Waals surface area contributed by atoms with Gasteiger partial charge in [-0.3, -0.25) is 0 Å². The lowest BCUT2D eigenvalue weighted by Crippen LogP contribution is -2.67. The zero-order chi connectivity index (χ0) is 39.9. The number of hydrogen-bond acceptors (Lipinski definition) is 24. The zero-order valence-electron chi connectivity index (χ0n) is 28.9. The van der Waals surface area contributed by atoms with E-state index in [1.807, 2.05) is 0 Å². The molecule has 5 heterocycles. The van der Waals surface area contributed by atoms with Crippen LogP contribution in [0.1, 0.15) is 13.8 Å². The maximum Gasteiger partial charge on any atom is 0.187 e. The van der Waals surface area contributed by atoms with Gasteiger partial charge in [-0.25, -0.2) is 0 Å². The van der Waals surface area contributed by atoms with E-state index < -0.39 is 173 Å². The molecule has 0 aromatic rings.